The summed E-state index contributed by atoms with van der Waals surface area (Å²) in [6.07, 6.45) is 33.0. The normalized spacial score (nSPS) is 26.0. The minimum Gasteiger partial charge on any atom is -0.462 e. The molecule has 4 aliphatic rings. The molecule has 3 heterocycles. The molecule has 16 atom stereocenters. The number of Topliss-reactive ketones (excluding diaryl/α,β-unsaturated/α-hetero) is 2. The Morgan fingerprint density at radius 3 is 1.70 bits per heavy atom. The molecule has 2 N–H and O–H groups in total. The van der Waals surface area contributed by atoms with Crippen LogP contribution in [0, 0.1) is 55.3 Å². The number of cyclic esters (lactones) is 1. The first-order valence-corrected chi connectivity index (χ1v) is 47.0. The molecule has 0 spiro atoms. The summed E-state index contributed by atoms with van der Waals surface area (Å²) < 4.78 is 60.7. The fourth-order valence-electron chi connectivity index (χ4n) is 18.5. The van der Waals surface area contributed by atoms with Gasteiger partial charge in [-0.1, -0.05) is 246 Å². The number of ether oxygens (including phenoxy) is 10. The largest absolute Gasteiger partial charge is 0.462 e. The van der Waals surface area contributed by atoms with Gasteiger partial charge in [0.1, 0.15) is 49.1 Å². The maximum absolute atomic E-state index is 14.9. The number of hydrogen-bond acceptors (Lipinski definition) is 21. The second-order valence-electron chi connectivity index (χ2n) is 37.1. The monoisotopic (exact) mass is 1700 g/mol. The lowest BCUT2D eigenvalue weighted by molar-refractivity contribution is -0.302. The van der Waals surface area contributed by atoms with Gasteiger partial charge in [-0.05, 0) is 146 Å². The average Bonchev–Trinajstić information content (AvgIpc) is 0.774. The zero-order valence-corrected chi connectivity index (χ0v) is 77.5. The maximum Gasteiger partial charge on any atom is 0.329 e. The fraction of sp³-hybridized carbons (Fsp3) is 0.788. The van der Waals surface area contributed by atoms with Crippen molar-refractivity contribution in [2.75, 3.05) is 41.1 Å². The van der Waals surface area contributed by atoms with Crippen LogP contribution in [0.4, 0.5) is 0 Å². The summed E-state index contributed by atoms with van der Waals surface area (Å²) in [6, 6.07) is 2.46. The number of unbranched alkanes of at least 4 members (excludes halogenated alkanes) is 24. The minimum absolute atomic E-state index is 0.0162. The maximum atomic E-state index is 14.9. The minimum atomic E-state index is -2.59. The Morgan fingerprint density at radius 2 is 1.17 bits per heavy atom. The topological polar surface area (TPSA) is 290 Å². The molecule has 2 saturated heterocycles. The summed E-state index contributed by atoms with van der Waals surface area (Å²) in [6.45, 7) is 27.8. The van der Waals surface area contributed by atoms with Gasteiger partial charge in [0.05, 0.1) is 42.7 Å². The predicted molar refractivity (Wildman–Crippen MR) is 471 cm³/mol. The highest BCUT2D eigenvalue weighted by Crippen LogP contribution is 2.43. The van der Waals surface area contributed by atoms with Crippen molar-refractivity contribution in [1.82, 2.24) is 4.90 Å². The molecule has 2 bridgehead atoms. The summed E-state index contributed by atoms with van der Waals surface area (Å²) in [5.74, 6) is -12.6. The van der Waals surface area contributed by atoms with Gasteiger partial charge >= 0.3 is 35.8 Å². The molecular formula is C99H161NO21. The third-order valence-electron chi connectivity index (χ3n) is 25.7. The van der Waals surface area contributed by atoms with E-state index < -0.39 is 143 Å². The molecule has 0 aromatic heterocycles. The van der Waals surface area contributed by atoms with E-state index in [1.54, 1.807) is 53.9 Å². The number of ketones is 2. The molecule has 3 unspecified atom stereocenters. The number of aliphatic hydroxyl groups excluding tert-OH is 1. The Kier molecular flexibility index (Phi) is 48.8. The number of carbonyl (C=O) groups excluding carboxylic acids is 9. The zero-order chi connectivity index (χ0) is 89.2. The van der Waals surface area contributed by atoms with Gasteiger partial charge in [0, 0.05) is 75.9 Å². The van der Waals surface area contributed by atoms with Crippen LogP contribution >= 0.6 is 0 Å². The van der Waals surface area contributed by atoms with Gasteiger partial charge in [-0.2, -0.15) is 0 Å². The molecule has 1 aliphatic carbocycles. The Bertz CT molecular complexity index is 3350. The van der Waals surface area contributed by atoms with E-state index in [9.17, 15) is 53.4 Å². The molecule has 3 fully saturated rings. The Morgan fingerprint density at radius 1 is 0.653 bits per heavy atom. The van der Waals surface area contributed by atoms with E-state index in [0.717, 1.165) is 60.1 Å². The van der Waals surface area contributed by atoms with Gasteiger partial charge in [-0.15, -0.1) is 6.58 Å². The molecule has 121 heavy (non-hydrogen) atoms. The number of fused-ring (bicyclic) bond motifs is 3. The molecular weight excluding hydrogens is 1540 g/mol. The van der Waals surface area contributed by atoms with Crippen LogP contribution in [0.3, 0.4) is 0 Å². The van der Waals surface area contributed by atoms with Crippen LogP contribution in [-0.2, 0) is 91.2 Å². The molecule has 1 aromatic carbocycles. The van der Waals surface area contributed by atoms with Crippen LogP contribution in [0.25, 0.3) is 0 Å². The van der Waals surface area contributed by atoms with Crippen molar-refractivity contribution in [3.63, 3.8) is 0 Å². The molecule has 1 saturated carbocycles. The number of carbonyl (C=O) groups is 9. The lowest BCUT2D eigenvalue weighted by atomic mass is 9.78. The first kappa shape index (κ1) is 105. The third-order valence-corrected chi connectivity index (χ3v) is 25.7. The number of methoxy groups -OCH3 is 3. The Balaban J connectivity index is 1.25. The van der Waals surface area contributed by atoms with Crippen molar-refractivity contribution >= 4 is 53.3 Å². The standard InChI is InChI=1S/C99H161NO21/c1-18-21-23-25-27-29-31-33-35-37-39-41-43-49-87(103)115-65-78(66-116-88(104)50-44-42-40-38-36-34-32-30-28-26-24-22-19-2)117-95(108)72(9)59-73(10)96(109)119-84-57-69(6)55-70(7)90(84)98(13,14)64-89(105)118-82-52-51-76(62-83(82)112-15)60-71(8)91-75(12)80(101)63-81(102)77(47-20-3)56-67(4)54-68(5)58-85(113-16)92-86(114-17)61-74(11)99(111,121-92)93(106)94(107)100-53-46-45-48-79(100)97(110)120-91/h20,55-57,60,68,72-80,82-83,85-86,91-92,101,111H,3,18-19,21-54,58-59,61-66H2,1-2,4-17H3/b67-56+,71-60+/t68-,72?,73?,74+,75+,76-,77+,79-,80-,82+,83+,85-,86-,91+,92?,99+/m0/s1. The highest BCUT2D eigenvalue weighted by Gasteiger charge is 2.57. The van der Waals surface area contributed by atoms with Gasteiger partial charge in [-0.3, -0.25) is 38.4 Å². The lowest BCUT2D eigenvalue weighted by Crippen LogP contribution is -2.64. The van der Waals surface area contributed by atoms with E-state index >= 15 is 0 Å². The average molecular weight is 1700 g/mol. The summed E-state index contributed by atoms with van der Waals surface area (Å²) in [5.41, 5.74) is 2.72. The van der Waals surface area contributed by atoms with Gasteiger partial charge in [0.2, 0.25) is 5.79 Å². The molecule has 22 nitrogen and oxygen atoms in total. The van der Waals surface area contributed by atoms with E-state index in [4.69, 9.17) is 47.4 Å². The van der Waals surface area contributed by atoms with Gasteiger partial charge in [0.25, 0.3) is 11.7 Å². The van der Waals surface area contributed by atoms with E-state index in [2.05, 4.69) is 20.4 Å². The SMILES string of the molecule is C=CC[C@@H]1/C=C(\C)C[C@H](C)C[C@H](OC)C2O[C@@](O)(C(=O)C(=O)N3CCCC[C@H]3C(=O)O[C@H](/C(C)=C/[C@@H]3CC[C@@H](OC(=O)CC(C)(C)c4c(C)cc(C)cc4OC(=O)C(C)CC(C)C(=O)OC(COC(=O)CCCCCCCCCCCCCCC)COC(=O)CCCCCCCCCCCCCCC)[C@H](OC)C3)[C@H](C)[C@@H](O)CC1=O)[C@H](C)C[C@@H]2OC. The van der Waals surface area contributed by atoms with Gasteiger partial charge in [0.15, 0.2) is 6.10 Å². The number of aryl methyl sites for hydroxylation is 2. The van der Waals surface area contributed by atoms with Crippen LogP contribution in [0.2, 0.25) is 0 Å². The highest BCUT2D eigenvalue weighted by molar-refractivity contribution is 6.39. The smallest absolute Gasteiger partial charge is 0.329 e. The van der Waals surface area contributed by atoms with Crippen LogP contribution in [0.5, 0.6) is 5.75 Å². The van der Waals surface area contributed by atoms with Crippen LogP contribution in [-0.4, -0.2) is 170 Å². The molecule has 1 aromatic rings. The number of hydrogen-bond donors (Lipinski definition) is 2. The molecule has 5 rings (SSSR count). The third kappa shape index (κ3) is 36.0. The number of esters is 6. The molecule has 688 valence electrons. The Labute approximate surface area is 727 Å². The second-order valence-corrected chi connectivity index (χ2v) is 37.1. The molecule has 1 amide bonds. The number of benzene rings is 1. The van der Waals surface area contributed by atoms with E-state index in [1.807, 2.05) is 59.8 Å². The van der Waals surface area contributed by atoms with Gasteiger partial charge in [-0.25, -0.2) is 4.79 Å². The van der Waals surface area contributed by atoms with E-state index in [1.165, 1.54) is 130 Å². The zero-order valence-electron chi connectivity index (χ0n) is 77.5. The van der Waals surface area contributed by atoms with Gasteiger partial charge < -0.3 is 62.5 Å². The number of nitrogens with zero attached hydrogens (tertiary/aromatic N) is 1. The second kappa shape index (κ2) is 56.0. The first-order chi connectivity index (χ1) is 57.7. The summed E-state index contributed by atoms with van der Waals surface area (Å²) in [5, 5.41) is 24.5. The van der Waals surface area contributed by atoms with Crippen molar-refractivity contribution < 1.29 is 101 Å². The van der Waals surface area contributed by atoms with Crippen molar-refractivity contribution in [1.29, 1.82) is 0 Å². The number of rotatable bonds is 49. The number of amides is 1. The Hall–Kier alpha value is -6.17. The summed E-state index contributed by atoms with van der Waals surface area (Å²) >= 11 is 0. The number of aliphatic hydroxyl groups is 2. The van der Waals surface area contributed by atoms with Crippen molar-refractivity contribution in [3.8, 4) is 5.75 Å². The quantitative estimate of drug-likeness (QED) is 0.0153. The highest BCUT2D eigenvalue weighted by atomic mass is 16.7. The summed E-state index contributed by atoms with van der Waals surface area (Å²) in [7, 11) is 4.58. The fourth-order valence-corrected chi connectivity index (χ4v) is 18.5. The number of allylic oxidation sites excluding steroid dienone is 4. The van der Waals surface area contributed by atoms with Crippen LogP contribution in [0.1, 0.15) is 356 Å². The van der Waals surface area contributed by atoms with E-state index in [0.29, 0.717) is 75.3 Å². The molecule has 0 radical (unpaired) electrons. The number of piperidine rings is 1. The molecule has 3 aliphatic heterocycles. The van der Waals surface area contributed by atoms with Crippen molar-refractivity contribution in [3.05, 3.63) is 64.8 Å². The summed E-state index contributed by atoms with van der Waals surface area (Å²) in [4.78, 5) is 129. The first-order valence-electron chi connectivity index (χ1n) is 47.0. The van der Waals surface area contributed by atoms with Crippen molar-refractivity contribution in [2.24, 2.45) is 41.4 Å². The predicted octanol–water partition coefficient (Wildman–Crippen LogP) is 19.7. The van der Waals surface area contributed by atoms with Crippen molar-refractivity contribution in [2.45, 2.75) is 419 Å². The lowest BCUT2D eigenvalue weighted by Gasteiger charge is -2.47. The van der Waals surface area contributed by atoms with Crippen LogP contribution < -0.4 is 4.74 Å². The van der Waals surface area contributed by atoms with Crippen LogP contribution in [0.15, 0.2) is 48.1 Å². The molecule has 22 heteroatoms. The van der Waals surface area contributed by atoms with E-state index in [-0.39, 0.29) is 88.1 Å².